The standard InChI is InChI=1S/C15H25NO/c1-14(2,3)10-7-11(16)9-13(17)12(8-10)15(4,5)6/h7-8,17H,9,16H2,1-6H3. The van der Waals surface area contributed by atoms with E-state index in [0.717, 1.165) is 11.3 Å². The summed E-state index contributed by atoms with van der Waals surface area (Å²) in [7, 11) is 0. The molecule has 0 saturated heterocycles. The molecule has 0 bridgehead atoms. The van der Waals surface area contributed by atoms with Crippen LogP contribution in [0, 0.1) is 10.8 Å². The van der Waals surface area contributed by atoms with E-state index in [4.69, 9.17) is 5.73 Å². The third-order valence-corrected chi connectivity index (χ3v) is 3.00. The molecule has 0 radical (unpaired) electrons. The average molecular weight is 235 g/mol. The van der Waals surface area contributed by atoms with E-state index < -0.39 is 0 Å². The average Bonchev–Trinajstić information content (AvgIpc) is 2.21. The molecule has 0 aromatic carbocycles. The molecule has 2 heteroatoms. The van der Waals surface area contributed by atoms with Gasteiger partial charge in [-0.3, -0.25) is 0 Å². The van der Waals surface area contributed by atoms with Gasteiger partial charge in [-0.25, -0.2) is 0 Å². The van der Waals surface area contributed by atoms with Crippen LogP contribution >= 0.6 is 0 Å². The van der Waals surface area contributed by atoms with E-state index in [1.807, 2.05) is 6.08 Å². The van der Waals surface area contributed by atoms with Crippen molar-refractivity contribution in [2.75, 3.05) is 0 Å². The number of rotatable bonds is 0. The monoisotopic (exact) mass is 235 g/mol. The van der Waals surface area contributed by atoms with Crippen molar-refractivity contribution in [1.82, 2.24) is 0 Å². The smallest absolute Gasteiger partial charge is 0.102 e. The second-order valence-corrected chi connectivity index (χ2v) is 6.86. The van der Waals surface area contributed by atoms with Gasteiger partial charge < -0.3 is 10.8 Å². The number of hydrogen-bond donors (Lipinski definition) is 2. The summed E-state index contributed by atoms with van der Waals surface area (Å²) in [6.45, 7) is 12.8. The lowest BCUT2D eigenvalue weighted by Crippen LogP contribution is -2.13. The second kappa shape index (κ2) is 4.25. The molecule has 0 aromatic rings. The zero-order valence-corrected chi connectivity index (χ0v) is 11.9. The van der Waals surface area contributed by atoms with Crippen LogP contribution in [0.4, 0.5) is 0 Å². The zero-order valence-electron chi connectivity index (χ0n) is 11.9. The van der Waals surface area contributed by atoms with Gasteiger partial charge in [-0.05, 0) is 28.1 Å². The molecule has 96 valence electrons. The van der Waals surface area contributed by atoms with Crippen LogP contribution in [0.2, 0.25) is 0 Å². The van der Waals surface area contributed by atoms with Crippen molar-refractivity contribution in [3.63, 3.8) is 0 Å². The summed E-state index contributed by atoms with van der Waals surface area (Å²) in [6.07, 6.45) is 4.53. The van der Waals surface area contributed by atoms with E-state index in [2.05, 4.69) is 47.6 Å². The van der Waals surface area contributed by atoms with Gasteiger partial charge in [-0.2, -0.15) is 0 Å². The van der Waals surface area contributed by atoms with Gasteiger partial charge in [0, 0.05) is 12.1 Å². The molecule has 0 atom stereocenters. The molecule has 0 aromatic heterocycles. The van der Waals surface area contributed by atoms with Crippen LogP contribution in [-0.4, -0.2) is 5.11 Å². The van der Waals surface area contributed by atoms with E-state index >= 15 is 0 Å². The summed E-state index contributed by atoms with van der Waals surface area (Å²) >= 11 is 0. The highest BCUT2D eigenvalue weighted by Crippen LogP contribution is 2.37. The van der Waals surface area contributed by atoms with Crippen LogP contribution in [-0.2, 0) is 0 Å². The minimum Gasteiger partial charge on any atom is -0.512 e. The van der Waals surface area contributed by atoms with Crippen LogP contribution in [0.1, 0.15) is 48.0 Å². The number of allylic oxidation sites excluding steroid dienone is 4. The Bertz CT molecular complexity index is 398. The molecular formula is C15H25NO. The predicted octanol–water partition coefficient (Wildman–Crippen LogP) is 4.06. The Labute approximate surface area is 105 Å². The highest BCUT2D eigenvalue weighted by atomic mass is 16.3. The van der Waals surface area contributed by atoms with Gasteiger partial charge in [0.2, 0.25) is 0 Å². The number of aliphatic hydroxyl groups is 1. The minimum absolute atomic E-state index is 0.0335. The van der Waals surface area contributed by atoms with Crippen molar-refractivity contribution >= 4 is 0 Å². The largest absolute Gasteiger partial charge is 0.512 e. The third-order valence-electron chi connectivity index (χ3n) is 3.00. The molecule has 0 spiro atoms. The van der Waals surface area contributed by atoms with Crippen molar-refractivity contribution in [2.45, 2.75) is 48.0 Å². The first-order valence-electron chi connectivity index (χ1n) is 6.12. The summed E-state index contributed by atoms with van der Waals surface area (Å²) in [5, 5.41) is 10.2. The highest BCUT2D eigenvalue weighted by Gasteiger charge is 2.25. The molecule has 0 saturated carbocycles. The van der Waals surface area contributed by atoms with Gasteiger partial charge in [0.1, 0.15) is 5.76 Å². The molecule has 0 heterocycles. The lowest BCUT2D eigenvalue weighted by atomic mass is 9.80. The quantitative estimate of drug-likeness (QED) is 0.665. The van der Waals surface area contributed by atoms with Crippen molar-refractivity contribution in [2.24, 2.45) is 16.6 Å². The van der Waals surface area contributed by atoms with E-state index in [1.165, 1.54) is 5.57 Å². The normalized spacial score (nSPS) is 18.7. The maximum Gasteiger partial charge on any atom is 0.102 e. The maximum atomic E-state index is 10.2. The molecule has 0 unspecified atom stereocenters. The van der Waals surface area contributed by atoms with Gasteiger partial charge in [-0.15, -0.1) is 0 Å². The number of hydrogen-bond acceptors (Lipinski definition) is 2. The second-order valence-electron chi connectivity index (χ2n) is 6.86. The van der Waals surface area contributed by atoms with Crippen LogP contribution in [0.25, 0.3) is 0 Å². The molecule has 3 N–H and O–H groups in total. The number of aliphatic hydroxyl groups excluding tert-OH is 1. The van der Waals surface area contributed by atoms with E-state index in [0.29, 0.717) is 12.2 Å². The predicted molar refractivity (Wildman–Crippen MR) is 73.5 cm³/mol. The SMILES string of the molecule is CC(C)(C)C1=CC(C(C)(C)C)=C(O)CC(N)=C1. The topological polar surface area (TPSA) is 46.2 Å². The van der Waals surface area contributed by atoms with Gasteiger partial charge >= 0.3 is 0 Å². The minimum atomic E-state index is -0.0704. The van der Waals surface area contributed by atoms with Crippen molar-refractivity contribution in [1.29, 1.82) is 0 Å². The molecular weight excluding hydrogens is 210 g/mol. The van der Waals surface area contributed by atoms with Gasteiger partial charge in [-0.1, -0.05) is 47.6 Å². The summed E-state index contributed by atoms with van der Waals surface area (Å²) in [6, 6.07) is 0. The van der Waals surface area contributed by atoms with Crippen molar-refractivity contribution in [3.8, 4) is 0 Å². The Morgan fingerprint density at radius 3 is 1.94 bits per heavy atom. The fourth-order valence-electron chi connectivity index (χ4n) is 1.90. The Morgan fingerprint density at radius 1 is 1.00 bits per heavy atom. The highest BCUT2D eigenvalue weighted by molar-refractivity contribution is 5.42. The Balaban J connectivity index is 3.36. The molecule has 1 rings (SSSR count). The maximum absolute atomic E-state index is 10.2. The van der Waals surface area contributed by atoms with Gasteiger partial charge in [0.15, 0.2) is 0 Å². The summed E-state index contributed by atoms with van der Waals surface area (Å²) in [5.74, 6) is 0.394. The fraction of sp³-hybridized carbons (Fsp3) is 0.600. The van der Waals surface area contributed by atoms with Gasteiger partial charge in [0.05, 0.1) is 0 Å². The van der Waals surface area contributed by atoms with Crippen LogP contribution in [0.3, 0.4) is 0 Å². The van der Waals surface area contributed by atoms with Crippen molar-refractivity contribution in [3.05, 3.63) is 34.8 Å². The lowest BCUT2D eigenvalue weighted by molar-refractivity contribution is 0.367. The van der Waals surface area contributed by atoms with Gasteiger partial charge in [0.25, 0.3) is 0 Å². The van der Waals surface area contributed by atoms with Crippen LogP contribution < -0.4 is 5.73 Å². The first-order valence-corrected chi connectivity index (χ1v) is 6.12. The lowest BCUT2D eigenvalue weighted by Gasteiger charge is -2.25. The third kappa shape index (κ3) is 3.39. The van der Waals surface area contributed by atoms with Crippen LogP contribution in [0.5, 0.6) is 0 Å². The Kier molecular flexibility index (Phi) is 3.47. The molecule has 17 heavy (non-hydrogen) atoms. The molecule has 0 fully saturated rings. The fourth-order valence-corrected chi connectivity index (χ4v) is 1.90. The van der Waals surface area contributed by atoms with E-state index in [-0.39, 0.29) is 10.8 Å². The molecule has 1 aliphatic carbocycles. The molecule has 0 aliphatic heterocycles. The first-order chi connectivity index (χ1) is 7.51. The van der Waals surface area contributed by atoms with Crippen LogP contribution in [0.15, 0.2) is 34.8 Å². The zero-order chi connectivity index (χ0) is 13.4. The number of nitrogens with two attached hydrogens (primary N) is 1. The summed E-state index contributed by atoms with van der Waals surface area (Å²) in [5.41, 5.74) is 8.79. The van der Waals surface area contributed by atoms with E-state index in [9.17, 15) is 5.11 Å². The molecule has 0 amide bonds. The molecule has 1 aliphatic rings. The first kappa shape index (κ1) is 13.9. The Hall–Kier alpha value is -1.18. The molecule has 2 nitrogen and oxygen atoms in total. The van der Waals surface area contributed by atoms with Crippen molar-refractivity contribution < 1.29 is 5.11 Å². The summed E-state index contributed by atoms with van der Waals surface area (Å²) in [4.78, 5) is 0. The van der Waals surface area contributed by atoms with E-state index in [1.54, 1.807) is 0 Å². The summed E-state index contributed by atoms with van der Waals surface area (Å²) < 4.78 is 0. The Morgan fingerprint density at radius 2 is 1.53 bits per heavy atom.